The minimum absolute atomic E-state index is 0.222. The highest BCUT2D eigenvalue weighted by molar-refractivity contribution is 5.46. The average Bonchev–Trinajstić information content (AvgIpc) is 2.16. The Hall–Kier alpha value is -1.60. The third-order valence-electron chi connectivity index (χ3n) is 3.09. The lowest BCUT2D eigenvalue weighted by Gasteiger charge is -2.37. The number of hydrogen-bond donors (Lipinski definition) is 1. The molecule has 0 unspecified atom stereocenters. The molecular weight excluding hydrogens is 190 g/mol. The molecule has 1 fully saturated rings. The smallest absolute Gasteiger partial charge is 0.235 e. The fourth-order valence-corrected chi connectivity index (χ4v) is 2.06. The summed E-state index contributed by atoms with van der Waals surface area (Å²) in [6.07, 6.45) is 4.30. The lowest BCUT2D eigenvalue weighted by atomic mass is 9.72. The van der Waals surface area contributed by atoms with Crippen LogP contribution in [0.5, 0.6) is 5.75 Å². The monoisotopic (exact) mass is 203 g/mol. The minimum atomic E-state index is -0.502. The lowest BCUT2D eigenvalue weighted by molar-refractivity contribution is 0.247. The molecule has 0 atom stereocenters. The molecular formula is C12H13NO2. The quantitative estimate of drug-likeness (QED) is 0.592. The predicted molar refractivity (Wildman–Crippen MR) is 56.5 cm³/mol. The van der Waals surface area contributed by atoms with E-state index in [2.05, 4.69) is 4.99 Å². The first-order chi connectivity index (χ1) is 7.18. The zero-order valence-corrected chi connectivity index (χ0v) is 8.66. The van der Waals surface area contributed by atoms with Crippen LogP contribution in [-0.4, -0.2) is 11.2 Å². The number of aryl methyl sites for hydroxylation is 1. The summed E-state index contributed by atoms with van der Waals surface area (Å²) in [6.45, 7) is 1.96. The fourth-order valence-electron chi connectivity index (χ4n) is 2.06. The minimum Gasteiger partial charge on any atom is -0.508 e. The van der Waals surface area contributed by atoms with Gasteiger partial charge in [-0.05, 0) is 38.3 Å². The van der Waals surface area contributed by atoms with Crippen molar-refractivity contribution in [3.8, 4) is 5.75 Å². The van der Waals surface area contributed by atoms with Gasteiger partial charge in [-0.3, -0.25) is 0 Å². The van der Waals surface area contributed by atoms with Gasteiger partial charge in [-0.25, -0.2) is 4.79 Å². The Morgan fingerprint density at radius 2 is 2.20 bits per heavy atom. The van der Waals surface area contributed by atoms with E-state index in [-0.39, 0.29) is 5.75 Å². The summed E-state index contributed by atoms with van der Waals surface area (Å²) in [5, 5.41) is 9.77. The molecule has 0 aliphatic heterocycles. The highest BCUT2D eigenvalue weighted by Gasteiger charge is 2.40. The van der Waals surface area contributed by atoms with Crippen LogP contribution in [0.1, 0.15) is 30.4 Å². The first kappa shape index (κ1) is 9.94. The number of isocyanates is 1. The molecule has 3 nitrogen and oxygen atoms in total. The van der Waals surface area contributed by atoms with E-state index in [0.717, 1.165) is 30.4 Å². The summed E-state index contributed by atoms with van der Waals surface area (Å²) in [5.41, 5.74) is 1.32. The van der Waals surface area contributed by atoms with Crippen molar-refractivity contribution in [2.24, 2.45) is 4.99 Å². The Morgan fingerprint density at radius 1 is 1.47 bits per heavy atom. The molecule has 1 saturated carbocycles. The Morgan fingerprint density at radius 3 is 2.73 bits per heavy atom. The van der Waals surface area contributed by atoms with E-state index in [0.29, 0.717) is 0 Å². The molecule has 1 N–H and O–H groups in total. The van der Waals surface area contributed by atoms with Gasteiger partial charge in [-0.2, -0.15) is 4.99 Å². The largest absolute Gasteiger partial charge is 0.508 e. The van der Waals surface area contributed by atoms with Crippen molar-refractivity contribution >= 4 is 6.08 Å². The van der Waals surface area contributed by atoms with Gasteiger partial charge in [0.05, 0.1) is 0 Å². The van der Waals surface area contributed by atoms with Crippen molar-refractivity contribution < 1.29 is 9.90 Å². The Kier molecular flexibility index (Phi) is 2.33. The number of phenolic OH excluding ortho intramolecular Hbond substituents is 1. The van der Waals surface area contributed by atoms with Gasteiger partial charge in [0.1, 0.15) is 11.3 Å². The fraction of sp³-hybridized carbons (Fsp3) is 0.417. The van der Waals surface area contributed by atoms with Crippen LogP contribution in [0.4, 0.5) is 0 Å². The van der Waals surface area contributed by atoms with Crippen molar-refractivity contribution in [3.63, 3.8) is 0 Å². The Labute approximate surface area is 88.5 Å². The van der Waals surface area contributed by atoms with Crippen LogP contribution in [0.15, 0.2) is 23.2 Å². The molecule has 1 aliphatic carbocycles. The highest BCUT2D eigenvalue weighted by atomic mass is 16.3. The van der Waals surface area contributed by atoms with E-state index in [1.807, 2.05) is 19.1 Å². The number of nitrogens with zero attached hydrogens (tertiary/aromatic N) is 1. The molecule has 1 aromatic rings. The second-order valence-electron chi connectivity index (χ2n) is 4.11. The predicted octanol–water partition coefficient (Wildman–Crippen LogP) is 2.42. The van der Waals surface area contributed by atoms with Gasteiger partial charge >= 0.3 is 0 Å². The maximum atomic E-state index is 10.4. The summed E-state index contributed by atoms with van der Waals surface area (Å²) in [5.74, 6) is 0.222. The molecule has 0 amide bonds. The van der Waals surface area contributed by atoms with Crippen LogP contribution in [0.3, 0.4) is 0 Å². The maximum absolute atomic E-state index is 10.4. The van der Waals surface area contributed by atoms with Crippen molar-refractivity contribution in [2.75, 3.05) is 0 Å². The molecule has 78 valence electrons. The highest BCUT2D eigenvalue weighted by Crippen LogP contribution is 2.47. The number of hydrogen-bond acceptors (Lipinski definition) is 3. The lowest BCUT2D eigenvalue weighted by Crippen LogP contribution is -2.32. The van der Waals surface area contributed by atoms with Crippen LogP contribution in [-0.2, 0) is 10.3 Å². The topological polar surface area (TPSA) is 49.7 Å². The summed E-state index contributed by atoms with van der Waals surface area (Å²) >= 11 is 0. The van der Waals surface area contributed by atoms with Crippen LogP contribution < -0.4 is 0 Å². The van der Waals surface area contributed by atoms with Crippen molar-refractivity contribution in [2.45, 2.75) is 31.7 Å². The van der Waals surface area contributed by atoms with Gasteiger partial charge in [0.25, 0.3) is 0 Å². The van der Waals surface area contributed by atoms with Crippen molar-refractivity contribution in [1.82, 2.24) is 0 Å². The van der Waals surface area contributed by atoms with Crippen molar-refractivity contribution in [3.05, 3.63) is 29.3 Å². The Balaban J connectivity index is 2.51. The standard InChI is InChI=1S/C12H13NO2/c1-9-3-4-11(15)10(7-9)12(13-8-14)5-2-6-12/h3-4,7,15H,2,5-6H2,1H3. The SMILES string of the molecule is Cc1ccc(O)c(C2(N=C=O)CCC2)c1. The molecule has 0 heterocycles. The number of carbonyl (C=O) groups excluding carboxylic acids is 1. The van der Waals surface area contributed by atoms with Crippen LogP contribution in [0.25, 0.3) is 0 Å². The van der Waals surface area contributed by atoms with Gasteiger partial charge in [0.15, 0.2) is 0 Å². The number of rotatable bonds is 2. The number of aromatic hydroxyl groups is 1. The second-order valence-corrected chi connectivity index (χ2v) is 4.11. The van der Waals surface area contributed by atoms with Gasteiger partial charge in [-0.1, -0.05) is 11.6 Å². The van der Waals surface area contributed by atoms with E-state index in [1.165, 1.54) is 0 Å². The molecule has 3 heteroatoms. The first-order valence-corrected chi connectivity index (χ1v) is 5.07. The van der Waals surface area contributed by atoms with E-state index >= 15 is 0 Å². The van der Waals surface area contributed by atoms with Crippen LogP contribution in [0, 0.1) is 6.92 Å². The van der Waals surface area contributed by atoms with Gasteiger partial charge < -0.3 is 5.11 Å². The molecule has 1 aliphatic rings. The summed E-state index contributed by atoms with van der Waals surface area (Å²) in [4.78, 5) is 14.3. The molecule has 1 aromatic carbocycles. The first-order valence-electron chi connectivity index (χ1n) is 5.07. The van der Waals surface area contributed by atoms with E-state index in [1.54, 1.807) is 12.1 Å². The third-order valence-corrected chi connectivity index (χ3v) is 3.09. The Bertz CT molecular complexity index is 429. The van der Waals surface area contributed by atoms with Crippen LogP contribution in [0.2, 0.25) is 0 Å². The van der Waals surface area contributed by atoms with E-state index < -0.39 is 5.54 Å². The molecule has 0 spiro atoms. The van der Waals surface area contributed by atoms with E-state index in [4.69, 9.17) is 0 Å². The number of phenols is 1. The molecule has 0 bridgehead atoms. The normalized spacial score (nSPS) is 17.7. The zero-order valence-electron chi connectivity index (χ0n) is 8.66. The molecule has 15 heavy (non-hydrogen) atoms. The number of benzene rings is 1. The van der Waals surface area contributed by atoms with Crippen LogP contribution >= 0.6 is 0 Å². The second kappa shape index (κ2) is 3.52. The zero-order chi connectivity index (χ0) is 10.9. The molecule has 0 saturated heterocycles. The maximum Gasteiger partial charge on any atom is 0.235 e. The van der Waals surface area contributed by atoms with Gasteiger partial charge in [0.2, 0.25) is 6.08 Å². The summed E-state index contributed by atoms with van der Waals surface area (Å²) in [7, 11) is 0. The summed E-state index contributed by atoms with van der Waals surface area (Å²) < 4.78 is 0. The van der Waals surface area contributed by atoms with Gasteiger partial charge in [0, 0.05) is 5.56 Å². The molecule has 0 aromatic heterocycles. The average molecular weight is 203 g/mol. The van der Waals surface area contributed by atoms with Gasteiger partial charge in [-0.15, -0.1) is 0 Å². The molecule has 0 radical (unpaired) electrons. The summed E-state index contributed by atoms with van der Waals surface area (Å²) in [6, 6.07) is 5.40. The van der Waals surface area contributed by atoms with Crippen molar-refractivity contribution in [1.29, 1.82) is 0 Å². The number of aliphatic imine (C=N–C) groups is 1. The van der Waals surface area contributed by atoms with E-state index in [9.17, 15) is 9.90 Å². The molecule has 2 rings (SSSR count). The third kappa shape index (κ3) is 1.55.